The fraction of sp³-hybridized carbons (Fsp3) is 0.714. The van der Waals surface area contributed by atoms with Crippen molar-refractivity contribution in [2.24, 2.45) is 11.8 Å². The first-order valence-corrected chi connectivity index (χ1v) is 6.42. The van der Waals surface area contributed by atoms with E-state index in [1.807, 2.05) is 0 Å². The van der Waals surface area contributed by atoms with Gasteiger partial charge in [-0.15, -0.1) is 0 Å². The monoisotopic (exact) mass is 270 g/mol. The van der Waals surface area contributed by atoms with Crippen LogP contribution in [-0.2, 0) is 23.8 Å². The van der Waals surface area contributed by atoms with Crippen LogP contribution in [0, 0.1) is 11.8 Å². The molecule has 19 heavy (non-hydrogen) atoms. The Labute approximate surface area is 113 Å². The maximum absolute atomic E-state index is 11.1. The maximum Gasteiger partial charge on any atom is 0.333 e. The Morgan fingerprint density at radius 2 is 1.84 bits per heavy atom. The van der Waals surface area contributed by atoms with E-state index in [0.717, 1.165) is 12.3 Å². The van der Waals surface area contributed by atoms with E-state index < -0.39 is 0 Å². The number of carbonyl (C=O) groups is 2. The van der Waals surface area contributed by atoms with Crippen LogP contribution in [0.1, 0.15) is 33.1 Å². The zero-order valence-corrected chi connectivity index (χ0v) is 11.8. The molecule has 3 aliphatic rings. The average molecular weight is 270 g/mol. The van der Waals surface area contributed by atoms with Crippen LogP contribution >= 0.6 is 0 Å². The Morgan fingerprint density at radius 1 is 1.21 bits per heavy atom. The number of hydrogen-bond donors (Lipinski definition) is 0. The van der Waals surface area contributed by atoms with Crippen LogP contribution in [0.2, 0.25) is 0 Å². The van der Waals surface area contributed by atoms with Gasteiger partial charge in [-0.1, -0.05) is 6.58 Å². The molecule has 2 bridgehead atoms. The minimum atomic E-state index is -0.318. The van der Waals surface area contributed by atoms with E-state index in [1.54, 1.807) is 6.92 Å². The van der Waals surface area contributed by atoms with Crippen molar-refractivity contribution in [2.75, 3.05) is 13.9 Å². The Balaban J connectivity index is 0.000000224. The van der Waals surface area contributed by atoms with Crippen molar-refractivity contribution >= 4 is 11.9 Å². The summed E-state index contributed by atoms with van der Waals surface area (Å²) in [6.45, 7) is 6.64. The van der Waals surface area contributed by atoms with E-state index in [9.17, 15) is 9.59 Å². The third-order valence-corrected chi connectivity index (χ3v) is 3.35. The summed E-state index contributed by atoms with van der Waals surface area (Å²) in [6.07, 6.45) is 3.84. The second-order valence-corrected chi connectivity index (χ2v) is 5.10. The van der Waals surface area contributed by atoms with Crippen molar-refractivity contribution in [3.05, 3.63) is 12.2 Å². The van der Waals surface area contributed by atoms with Gasteiger partial charge in [-0.25, -0.2) is 4.79 Å². The first-order chi connectivity index (χ1) is 8.93. The molecular formula is C14H22O5. The maximum atomic E-state index is 11.1. The molecule has 5 heteroatoms. The summed E-state index contributed by atoms with van der Waals surface area (Å²) in [5, 5.41) is 0. The number of rotatable bonds is 4. The highest BCUT2D eigenvalue weighted by atomic mass is 16.7. The molecule has 0 aliphatic heterocycles. The van der Waals surface area contributed by atoms with Crippen LogP contribution in [0.25, 0.3) is 0 Å². The van der Waals surface area contributed by atoms with Gasteiger partial charge in [0, 0.05) is 19.6 Å². The van der Waals surface area contributed by atoms with Crippen LogP contribution < -0.4 is 0 Å². The average Bonchev–Trinajstić information content (AvgIpc) is 2.85. The van der Waals surface area contributed by atoms with E-state index in [0.29, 0.717) is 11.5 Å². The van der Waals surface area contributed by atoms with Crippen LogP contribution in [0.15, 0.2) is 12.2 Å². The predicted octanol–water partition coefficient (Wildman–Crippen LogP) is 2.06. The highest BCUT2D eigenvalue weighted by Crippen LogP contribution is 2.49. The quantitative estimate of drug-likeness (QED) is 0.444. The number of ether oxygens (including phenoxy) is 3. The zero-order chi connectivity index (χ0) is 14.4. The standard InChI is InChI=1S/C10H14O2.C4H8O3/c1-6(2)10(11)12-9-5-7-3-8(9)4-7;1-4(5)7-3-6-2/h7-9H,1,3-5H2,2H3;3H2,1-2H3. The van der Waals surface area contributed by atoms with Crippen LogP contribution in [0.4, 0.5) is 0 Å². The molecule has 0 heterocycles. The molecule has 0 radical (unpaired) electrons. The van der Waals surface area contributed by atoms with Gasteiger partial charge in [-0.3, -0.25) is 4.79 Å². The summed E-state index contributed by atoms with van der Waals surface area (Å²) >= 11 is 0. The zero-order valence-electron chi connectivity index (χ0n) is 11.8. The van der Waals surface area contributed by atoms with Crippen LogP contribution in [0.3, 0.4) is 0 Å². The van der Waals surface area contributed by atoms with Gasteiger partial charge in [0.15, 0.2) is 6.79 Å². The molecule has 3 aliphatic carbocycles. The molecule has 0 aromatic rings. The minimum absolute atomic E-state index is 0.0509. The molecule has 108 valence electrons. The lowest BCUT2D eigenvalue weighted by Crippen LogP contribution is -2.22. The van der Waals surface area contributed by atoms with Gasteiger partial charge in [0.25, 0.3) is 0 Å². The van der Waals surface area contributed by atoms with Crippen molar-refractivity contribution in [1.29, 1.82) is 0 Å². The number of esters is 2. The Kier molecular flexibility index (Phi) is 6.02. The van der Waals surface area contributed by atoms with E-state index in [4.69, 9.17) is 4.74 Å². The largest absolute Gasteiger partial charge is 0.459 e. The van der Waals surface area contributed by atoms with Gasteiger partial charge < -0.3 is 14.2 Å². The van der Waals surface area contributed by atoms with Crippen molar-refractivity contribution in [3.8, 4) is 0 Å². The van der Waals surface area contributed by atoms with Gasteiger partial charge in [-0.05, 0) is 38.0 Å². The number of methoxy groups -OCH3 is 1. The second kappa shape index (κ2) is 7.28. The molecule has 3 rings (SSSR count). The van der Waals surface area contributed by atoms with Gasteiger partial charge >= 0.3 is 11.9 Å². The molecule has 3 saturated carbocycles. The normalized spacial score (nSPS) is 26.6. The summed E-state index contributed by atoms with van der Waals surface area (Å²) in [7, 11) is 1.46. The molecule has 1 atom stereocenters. The third-order valence-electron chi connectivity index (χ3n) is 3.35. The first-order valence-electron chi connectivity index (χ1n) is 6.42. The summed E-state index contributed by atoms with van der Waals surface area (Å²) in [5.74, 6) is 0.977. The van der Waals surface area contributed by atoms with Crippen molar-refractivity contribution in [2.45, 2.75) is 39.2 Å². The van der Waals surface area contributed by atoms with Crippen molar-refractivity contribution in [3.63, 3.8) is 0 Å². The van der Waals surface area contributed by atoms with Gasteiger partial charge in [0.2, 0.25) is 0 Å². The molecule has 0 spiro atoms. The highest BCUT2D eigenvalue weighted by molar-refractivity contribution is 5.87. The Bertz CT molecular complexity index is 344. The first kappa shape index (κ1) is 15.7. The van der Waals surface area contributed by atoms with E-state index in [1.165, 1.54) is 26.9 Å². The lowest BCUT2D eigenvalue weighted by molar-refractivity contribution is -0.151. The molecule has 0 aromatic carbocycles. The summed E-state index contributed by atoms with van der Waals surface area (Å²) in [4.78, 5) is 21.0. The number of hydrogen-bond acceptors (Lipinski definition) is 5. The van der Waals surface area contributed by atoms with Crippen LogP contribution in [0.5, 0.6) is 0 Å². The number of fused-ring (bicyclic) bond motifs is 1. The molecule has 0 N–H and O–H groups in total. The fourth-order valence-electron chi connectivity index (χ4n) is 2.33. The van der Waals surface area contributed by atoms with Crippen LogP contribution in [-0.4, -0.2) is 31.9 Å². The molecule has 3 fully saturated rings. The number of carbonyl (C=O) groups excluding carboxylic acids is 2. The third kappa shape index (κ3) is 5.03. The molecule has 5 nitrogen and oxygen atoms in total. The van der Waals surface area contributed by atoms with E-state index in [2.05, 4.69) is 16.1 Å². The van der Waals surface area contributed by atoms with Gasteiger partial charge in [0.1, 0.15) is 6.10 Å². The molecule has 0 amide bonds. The van der Waals surface area contributed by atoms with Gasteiger partial charge in [-0.2, -0.15) is 0 Å². The SMILES string of the molecule is C=C(C)C(=O)OC1CC2CC1C2.COCOC(C)=O. The van der Waals surface area contributed by atoms with Crippen molar-refractivity contribution < 1.29 is 23.8 Å². The lowest BCUT2D eigenvalue weighted by Gasteiger charge is -2.23. The minimum Gasteiger partial charge on any atom is -0.459 e. The van der Waals surface area contributed by atoms with Gasteiger partial charge in [0.05, 0.1) is 0 Å². The fourth-order valence-corrected chi connectivity index (χ4v) is 2.33. The molecule has 1 unspecified atom stereocenters. The smallest absolute Gasteiger partial charge is 0.333 e. The molecule has 0 aromatic heterocycles. The Morgan fingerprint density at radius 3 is 2.16 bits per heavy atom. The highest BCUT2D eigenvalue weighted by Gasteiger charge is 2.46. The lowest BCUT2D eigenvalue weighted by atomic mass is 9.84. The predicted molar refractivity (Wildman–Crippen MR) is 69.2 cm³/mol. The Hall–Kier alpha value is -1.36. The molecule has 0 saturated heterocycles. The molecular weight excluding hydrogens is 248 g/mol. The summed E-state index contributed by atoms with van der Waals surface area (Å²) in [6, 6.07) is 0. The summed E-state index contributed by atoms with van der Waals surface area (Å²) in [5.41, 5.74) is 0.513. The van der Waals surface area contributed by atoms with E-state index >= 15 is 0 Å². The van der Waals surface area contributed by atoms with Crippen molar-refractivity contribution in [1.82, 2.24) is 0 Å². The summed E-state index contributed by atoms with van der Waals surface area (Å²) < 4.78 is 14.0. The second-order valence-electron chi connectivity index (χ2n) is 5.10. The topological polar surface area (TPSA) is 61.8 Å². The van der Waals surface area contributed by atoms with E-state index in [-0.39, 0.29) is 24.8 Å².